The van der Waals surface area contributed by atoms with Gasteiger partial charge in [0.05, 0.1) is 6.61 Å². The zero-order valence-electron chi connectivity index (χ0n) is 11.5. The van der Waals surface area contributed by atoms with Gasteiger partial charge in [-0.1, -0.05) is 18.2 Å². The molecule has 0 saturated heterocycles. The standard InChI is InChI=1S/C16H17NO3/c1-11-6-7-13(9-15(11)18)16(19)17-14-5-3-4-12(8-14)10-20-2/h3-9,18H,10H2,1-2H3,(H,17,19). The number of hydrogen-bond donors (Lipinski definition) is 2. The van der Waals surface area contributed by atoms with Gasteiger partial charge >= 0.3 is 0 Å². The molecule has 0 bridgehead atoms. The van der Waals surface area contributed by atoms with Crippen LogP contribution >= 0.6 is 0 Å². The SMILES string of the molecule is COCc1cccc(NC(=O)c2ccc(C)c(O)c2)c1. The molecule has 0 atom stereocenters. The van der Waals surface area contributed by atoms with Crippen molar-refractivity contribution in [1.82, 2.24) is 0 Å². The molecule has 0 saturated carbocycles. The first-order valence-corrected chi connectivity index (χ1v) is 6.29. The van der Waals surface area contributed by atoms with E-state index in [1.54, 1.807) is 26.2 Å². The third kappa shape index (κ3) is 3.36. The topological polar surface area (TPSA) is 58.6 Å². The number of carbonyl (C=O) groups is 1. The largest absolute Gasteiger partial charge is 0.508 e. The molecule has 20 heavy (non-hydrogen) atoms. The maximum absolute atomic E-state index is 12.1. The van der Waals surface area contributed by atoms with E-state index in [0.717, 1.165) is 11.1 Å². The van der Waals surface area contributed by atoms with Crippen LogP contribution in [0, 0.1) is 6.92 Å². The summed E-state index contributed by atoms with van der Waals surface area (Å²) in [5, 5.41) is 12.4. The number of hydrogen-bond acceptors (Lipinski definition) is 3. The summed E-state index contributed by atoms with van der Waals surface area (Å²) in [4.78, 5) is 12.1. The number of rotatable bonds is 4. The Labute approximate surface area is 118 Å². The molecular formula is C16H17NO3. The molecule has 2 N–H and O–H groups in total. The molecule has 0 aliphatic rings. The number of aryl methyl sites for hydroxylation is 1. The first kappa shape index (κ1) is 14.1. The highest BCUT2D eigenvalue weighted by Crippen LogP contribution is 2.19. The number of methoxy groups -OCH3 is 1. The van der Waals surface area contributed by atoms with Crippen LogP contribution in [-0.2, 0) is 11.3 Å². The quantitative estimate of drug-likeness (QED) is 0.898. The van der Waals surface area contributed by atoms with E-state index in [0.29, 0.717) is 17.9 Å². The molecule has 2 aromatic rings. The van der Waals surface area contributed by atoms with Crippen molar-refractivity contribution in [2.75, 3.05) is 12.4 Å². The van der Waals surface area contributed by atoms with E-state index in [4.69, 9.17) is 4.74 Å². The van der Waals surface area contributed by atoms with Crippen LogP contribution in [0.5, 0.6) is 5.75 Å². The minimum Gasteiger partial charge on any atom is -0.508 e. The van der Waals surface area contributed by atoms with Gasteiger partial charge in [-0.2, -0.15) is 0 Å². The lowest BCUT2D eigenvalue weighted by Crippen LogP contribution is -2.12. The number of aromatic hydroxyl groups is 1. The van der Waals surface area contributed by atoms with Gasteiger partial charge in [-0.15, -0.1) is 0 Å². The lowest BCUT2D eigenvalue weighted by Gasteiger charge is -2.08. The lowest BCUT2D eigenvalue weighted by atomic mass is 10.1. The second-order valence-electron chi connectivity index (χ2n) is 4.59. The van der Waals surface area contributed by atoms with Gasteiger partial charge in [0, 0.05) is 18.4 Å². The van der Waals surface area contributed by atoms with Crippen LogP contribution in [0.3, 0.4) is 0 Å². The molecule has 0 aliphatic heterocycles. The minimum atomic E-state index is -0.255. The van der Waals surface area contributed by atoms with Gasteiger partial charge in [-0.05, 0) is 42.3 Å². The number of carbonyl (C=O) groups excluding carboxylic acids is 1. The average molecular weight is 271 g/mol. The summed E-state index contributed by atoms with van der Waals surface area (Å²) in [5.74, 6) is -0.138. The van der Waals surface area contributed by atoms with Crippen LogP contribution in [0.2, 0.25) is 0 Å². The minimum absolute atomic E-state index is 0.116. The van der Waals surface area contributed by atoms with Crippen LogP contribution in [0.1, 0.15) is 21.5 Å². The Hall–Kier alpha value is -2.33. The molecule has 104 valence electrons. The van der Waals surface area contributed by atoms with Gasteiger partial charge < -0.3 is 15.2 Å². The molecule has 0 aliphatic carbocycles. The van der Waals surface area contributed by atoms with E-state index in [1.165, 1.54) is 6.07 Å². The summed E-state index contributed by atoms with van der Waals surface area (Å²) < 4.78 is 5.06. The summed E-state index contributed by atoms with van der Waals surface area (Å²) in [6, 6.07) is 12.3. The van der Waals surface area contributed by atoms with Crippen molar-refractivity contribution >= 4 is 11.6 Å². The molecule has 4 nitrogen and oxygen atoms in total. The highest BCUT2D eigenvalue weighted by atomic mass is 16.5. The predicted octanol–water partition coefficient (Wildman–Crippen LogP) is 3.10. The van der Waals surface area contributed by atoms with Crippen LogP contribution in [-0.4, -0.2) is 18.1 Å². The molecule has 0 radical (unpaired) electrons. The van der Waals surface area contributed by atoms with Gasteiger partial charge in [0.15, 0.2) is 0 Å². The second-order valence-corrected chi connectivity index (χ2v) is 4.59. The number of phenolic OH excluding ortho intramolecular Hbond substituents is 1. The molecular weight excluding hydrogens is 254 g/mol. The highest BCUT2D eigenvalue weighted by Gasteiger charge is 2.08. The molecule has 2 aromatic carbocycles. The predicted molar refractivity (Wildman–Crippen MR) is 78.0 cm³/mol. The van der Waals surface area contributed by atoms with Gasteiger partial charge in [0.25, 0.3) is 5.91 Å². The molecule has 0 fully saturated rings. The van der Waals surface area contributed by atoms with Crippen molar-refractivity contribution in [1.29, 1.82) is 0 Å². The fourth-order valence-electron chi connectivity index (χ4n) is 1.86. The average Bonchev–Trinajstić information content (AvgIpc) is 2.42. The van der Waals surface area contributed by atoms with Gasteiger partial charge in [0.2, 0.25) is 0 Å². The summed E-state index contributed by atoms with van der Waals surface area (Å²) in [6.07, 6.45) is 0. The van der Waals surface area contributed by atoms with Crippen molar-refractivity contribution in [2.24, 2.45) is 0 Å². The fraction of sp³-hybridized carbons (Fsp3) is 0.188. The number of phenols is 1. The second kappa shape index (κ2) is 6.21. The fourth-order valence-corrected chi connectivity index (χ4v) is 1.86. The van der Waals surface area contributed by atoms with Crippen molar-refractivity contribution in [2.45, 2.75) is 13.5 Å². The summed E-state index contributed by atoms with van der Waals surface area (Å²) in [7, 11) is 1.63. The van der Waals surface area contributed by atoms with Crippen LogP contribution in [0.4, 0.5) is 5.69 Å². The molecule has 0 heterocycles. The Morgan fingerprint density at radius 3 is 2.75 bits per heavy atom. The van der Waals surface area contributed by atoms with E-state index in [9.17, 15) is 9.90 Å². The van der Waals surface area contributed by atoms with Crippen LogP contribution in [0.25, 0.3) is 0 Å². The van der Waals surface area contributed by atoms with Crippen LogP contribution < -0.4 is 5.32 Å². The third-order valence-electron chi connectivity index (χ3n) is 2.97. The summed E-state index contributed by atoms with van der Waals surface area (Å²) in [5.41, 5.74) is 2.84. The molecule has 0 aromatic heterocycles. The Balaban J connectivity index is 2.14. The molecule has 4 heteroatoms. The molecule has 0 spiro atoms. The van der Waals surface area contributed by atoms with Crippen molar-refractivity contribution in [3.05, 3.63) is 59.2 Å². The van der Waals surface area contributed by atoms with Crippen LogP contribution in [0.15, 0.2) is 42.5 Å². The highest BCUT2D eigenvalue weighted by molar-refractivity contribution is 6.04. The van der Waals surface area contributed by atoms with Crippen molar-refractivity contribution in [3.63, 3.8) is 0 Å². The van der Waals surface area contributed by atoms with Crippen molar-refractivity contribution < 1.29 is 14.6 Å². The summed E-state index contributed by atoms with van der Waals surface area (Å²) >= 11 is 0. The van der Waals surface area contributed by atoms with E-state index in [-0.39, 0.29) is 11.7 Å². The van der Waals surface area contributed by atoms with E-state index in [1.807, 2.05) is 24.3 Å². The number of anilines is 1. The van der Waals surface area contributed by atoms with E-state index < -0.39 is 0 Å². The summed E-state index contributed by atoms with van der Waals surface area (Å²) in [6.45, 7) is 2.28. The monoisotopic (exact) mass is 271 g/mol. The van der Waals surface area contributed by atoms with Gasteiger partial charge in [-0.25, -0.2) is 0 Å². The number of benzene rings is 2. The maximum Gasteiger partial charge on any atom is 0.255 e. The number of ether oxygens (including phenoxy) is 1. The zero-order valence-corrected chi connectivity index (χ0v) is 11.5. The van der Waals surface area contributed by atoms with Gasteiger partial charge in [-0.3, -0.25) is 4.79 Å². The third-order valence-corrected chi connectivity index (χ3v) is 2.97. The smallest absolute Gasteiger partial charge is 0.255 e. The maximum atomic E-state index is 12.1. The first-order valence-electron chi connectivity index (χ1n) is 6.29. The Morgan fingerprint density at radius 2 is 2.05 bits per heavy atom. The van der Waals surface area contributed by atoms with Gasteiger partial charge in [0.1, 0.15) is 5.75 Å². The van der Waals surface area contributed by atoms with E-state index >= 15 is 0 Å². The van der Waals surface area contributed by atoms with Crippen molar-refractivity contribution in [3.8, 4) is 5.75 Å². The zero-order chi connectivity index (χ0) is 14.5. The number of amides is 1. The molecule has 0 unspecified atom stereocenters. The lowest BCUT2D eigenvalue weighted by molar-refractivity contribution is 0.102. The first-order chi connectivity index (χ1) is 9.60. The number of nitrogens with one attached hydrogen (secondary N) is 1. The molecule has 2 rings (SSSR count). The Bertz CT molecular complexity index is 623. The molecule has 1 amide bonds. The van der Waals surface area contributed by atoms with E-state index in [2.05, 4.69) is 5.32 Å². The Kier molecular flexibility index (Phi) is 4.38. The Morgan fingerprint density at radius 1 is 1.25 bits per heavy atom. The normalized spacial score (nSPS) is 10.3.